The lowest BCUT2D eigenvalue weighted by atomic mass is 9.60. The predicted octanol–water partition coefficient (Wildman–Crippen LogP) is 2.64. The zero-order valence-corrected chi connectivity index (χ0v) is 15.4. The molecule has 0 saturated heterocycles. The van der Waals surface area contributed by atoms with E-state index in [9.17, 15) is 5.11 Å². The molecule has 1 heterocycles. The van der Waals surface area contributed by atoms with E-state index in [2.05, 4.69) is 33.7 Å². The second-order valence-corrected chi connectivity index (χ2v) is 8.05. The number of hydrogen-bond acceptors (Lipinski definition) is 4. The highest BCUT2D eigenvalue weighted by Crippen LogP contribution is 2.52. The molecule has 2 saturated carbocycles. The Labute approximate surface area is 146 Å². The van der Waals surface area contributed by atoms with Crippen LogP contribution in [0.2, 0.25) is 0 Å². The van der Waals surface area contributed by atoms with Gasteiger partial charge in [-0.25, -0.2) is 0 Å². The lowest BCUT2D eigenvalue weighted by Crippen LogP contribution is -2.42. The Morgan fingerprint density at radius 2 is 2.12 bits per heavy atom. The van der Waals surface area contributed by atoms with Gasteiger partial charge < -0.3 is 15.3 Å². The van der Waals surface area contributed by atoms with Crippen molar-refractivity contribution in [3.63, 3.8) is 0 Å². The average molecular weight is 335 g/mol. The fraction of sp³-hybridized carbons (Fsp3) is 0.842. The number of nitrogens with zero attached hydrogens (tertiary/aromatic N) is 2. The van der Waals surface area contributed by atoms with Gasteiger partial charge in [-0.3, -0.25) is 5.10 Å². The SMILES string of the molecule is CNCCN(C)Cc1c[nH]nc1[C@@H]1CC[C@@H](O)C2(CCCCC2)C1. The van der Waals surface area contributed by atoms with E-state index in [-0.39, 0.29) is 11.5 Å². The van der Waals surface area contributed by atoms with E-state index in [1.165, 1.54) is 43.4 Å². The summed E-state index contributed by atoms with van der Waals surface area (Å²) in [6.45, 7) is 2.98. The third-order valence-electron chi connectivity index (χ3n) is 6.32. The number of nitrogens with one attached hydrogen (secondary N) is 2. The molecule has 2 fully saturated rings. The Kier molecular flexibility index (Phi) is 5.95. The van der Waals surface area contributed by atoms with Gasteiger partial charge in [0, 0.05) is 37.3 Å². The minimum Gasteiger partial charge on any atom is -0.393 e. The number of aromatic nitrogens is 2. The molecule has 0 aromatic carbocycles. The molecule has 0 amide bonds. The number of hydrogen-bond donors (Lipinski definition) is 3. The van der Waals surface area contributed by atoms with Gasteiger partial charge >= 0.3 is 0 Å². The molecule has 1 spiro atoms. The fourth-order valence-corrected chi connectivity index (χ4v) is 4.90. The largest absolute Gasteiger partial charge is 0.393 e. The topological polar surface area (TPSA) is 64.2 Å². The number of rotatable bonds is 6. The van der Waals surface area contributed by atoms with Crippen molar-refractivity contribution in [2.45, 2.75) is 69.9 Å². The van der Waals surface area contributed by atoms with Crippen LogP contribution in [-0.4, -0.2) is 53.5 Å². The molecule has 0 bridgehead atoms. The van der Waals surface area contributed by atoms with E-state index in [1.807, 2.05) is 7.05 Å². The smallest absolute Gasteiger partial charge is 0.0698 e. The van der Waals surface area contributed by atoms with E-state index in [4.69, 9.17) is 0 Å². The van der Waals surface area contributed by atoms with Crippen molar-refractivity contribution in [2.75, 3.05) is 27.2 Å². The van der Waals surface area contributed by atoms with Crippen molar-refractivity contribution in [1.82, 2.24) is 20.4 Å². The molecule has 1 aromatic rings. The number of aliphatic hydroxyl groups excluding tert-OH is 1. The number of likely N-dealkylation sites (N-methyl/N-ethyl adjacent to an activating group) is 2. The summed E-state index contributed by atoms with van der Waals surface area (Å²) in [5, 5.41) is 21.6. The average Bonchev–Trinajstić information content (AvgIpc) is 3.04. The highest BCUT2D eigenvalue weighted by molar-refractivity contribution is 5.22. The Hall–Kier alpha value is -0.910. The first kappa shape index (κ1) is 17.9. The standard InChI is InChI=1S/C19H34N4O/c1-20-10-11-23(2)14-16-13-21-22-18(16)15-6-7-17(24)19(12-15)8-4-3-5-9-19/h13,15,17,20,24H,3-12,14H2,1-2H3,(H,21,22)/t15-,17-/m1/s1. The first-order valence-corrected chi connectivity index (χ1v) is 9.68. The van der Waals surface area contributed by atoms with Crippen LogP contribution in [0.3, 0.4) is 0 Å². The number of aromatic amines is 1. The van der Waals surface area contributed by atoms with Crippen LogP contribution >= 0.6 is 0 Å². The van der Waals surface area contributed by atoms with E-state index < -0.39 is 0 Å². The molecule has 2 atom stereocenters. The highest BCUT2D eigenvalue weighted by atomic mass is 16.3. The second kappa shape index (κ2) is 7.98. The normalized spacial score (nSPS) is 27.0. The van der Waals surface area contributed by atoms with Gasteiger partial charge in [0.1, 0.15) is 0 Å². The van der Waals surface area contributed by atoms with Gasteiger partial charge in [0.05, 0.1) is 11.8 Å². The first-order valence-electron chi connectivity index (χ1n) is 9.68. The van der Waals surface area contributed by atoms with Gasteiger partial charge in [-0.1, -0.05) is 19.3 Å². The summed E-state index contributed by atoms with van der Waals surface area (Å²) in [6, 6.07) is 0. The molecule has 136 valence electrons. The summed E-state index contributed by atoms with van der Waals surface area (Å²) in [5.41, 5.74) is 2.75. The lowest BCUT2D eigenvalue weighted by Gasteiger charge is -2.47. The van der Waals surface area contributed by atoms with Crippen molar-refractivity contribution < 1.29 is 5.11 Å². The van der Waals surface area contributed by atoms with Gasteiger partial charge in [-0.2, -0.15) is 5.10 Å². The maximum absolute atomic E-state index is 10.7. The summed E-state index contributed by atoms with van der Waals surface area (Å²) < 4.78 is 0. The maximum Gasteiger partial charge on any atom is 0.0698 e. The molecule has 5 heteroatoms. The molecule has 2 aliphatic rings. The molecule has 0 radical (unpaired) electrons. The third-order valence-corrected chi connectivity index (χ3v) is 6.32. The van der Waals surface area contributed by atoms with Crippen LogP contribution in [-0.2, 0) is 6.54 Å². The highest BCUT2D eigenvalue weighted by Gasteiger charge is 2.44. The minimum absolute atomic E-state index is 0.102. The molecule has 3 rings (SSSR count). The van der Waals surface area contributed by atoms with Crippen LogP contribution in [0.4, 0.5) is 0 Å². The van der Waals surface area contributed by atoms with Crippen LogP contribution < -0.4 is 5.32 Å². The predicted molar refractivity (Wildman–Crippen MR) is 97.0 cm³/mol. The molecule has 3 N–H and O–H groups in total. The van der Waals surface area contributed by atoms with Crippen LogP contribution in [0, 0.1) is 5.41 Å². The van der Waals surface area contributed by atoms with Crippen LogP contribution in [0.1, 0.15) is 68.5 Å². The monoisotopic (exact) mass is 334 g/mol. The Balaban J connectivity index is 1.69. The van der Waals surface area contributed by atoms with Gasteiger partial charge in [-0.15, -0.1) is 0 Å². The molecule has 1 aromatic heterocycles. The molecule has 2 aliphatic carbocycles. The summed E-state index contributed by atoms with van der Waals surface area (Å²) in [4.78, 5) is 2.35. The second-order valence-electron chi connectivity index (χ2n) is 8.05. The Morgan fingerprint density at radius 3 is 2.88 bits per heavy atom. The Bertz CT molecular complexity index is 509. The summed E-state index contributed by atoms with van der Waals surface area (Å²) in [5.74, 6) is 0.505. The van der Waals surface area contributed by atoms with Crippen LogP contribution in [0.25, 0.3) is 0 Å². The van der Waals surface area contributed by atoms with Crippen molar-refractivity contribution in [3.8, 4) is 0 Å². The Morgan fingerprint density at radius 1 is 1.33 bits per heavy atom. The minimum atomic E-state index is -0.102. The van der Waals surface area contributed by atoms with Crippen molar-refractivity contribution >= 4 is 0 Å². The lowest BCUT2D eigenvalue weighted by molar-refractivity contribution is -0.0438. The summed E-state index contributed by atoms with van der Waals surface area (Å²) in [7, 11) is 4.16. The fourth-order valence-electron chi connectivity index (χ4n) is 4.90. The third kappa shape index (κ3) is 3.84. The van der Waals surface area contributed by atoms with Gasteiger partial charge in [0.15, 0.2) is 0 Å². The molecule has 0 aliphatic heterocycles. The molecule has 0 unspecified atom stereocenters. The van der Waals surface area contributed by atoms with E-state index in [0.29, 0.717) is 5.92 Å². The zero-order chi connectivity index (χ0) is 17.0. The van der Waals surface area contributed by atoms with Crippen molar-refractivity contribution in [2.24, 2.45) is 5.41 Å². The summed E-state index contributed by atoms with van der Waals surface area (Å²) in [6.07, 6.45) is 11.4. The van der Waals surface area contributed by atoms with Gasteiger partial charge in [-0.05, 0) is 51.6 Å². The number of aliphatic hydroxyl groups is 1. The number of H-pyrrole nitrogens is 1. The van der Waals surface area contributed by atoms with E-state index >= 15 is 0 Å². The molecule has 24 heavy (non-hydrogen) atoms. The van der Waals surface area contributed by atoms with Crippen molar-refractivity contribution in [1.29, 1.82) is 0 Å². The maximum atomic E-state index is 10.7. The van der Waals surface area contributed by atoms with Gasteiger partial charge in [0.25, 0.3) is 0 Å². The molecular weight excluding hydrogens is 300 g/mol. The first-order chi connectivity index (χ1) is 11.6. The van der Waals surface area contributed by atoms with Gasteiger partial charge in [0.2, 0.25) is 0 Å². The van der Waals surface area contributed by atoms with E-state index in [0.717, 1.165) is 38.9 Å². The van der Waals surface area contributed by atoms with E-state index in [1.54, 1.807) is 0 Å². The van der Waals surface area contributed by atoms with Crippen LogP contribution in [0.5, 0.6) is 0 Å². The molecular formula is C19H34N4O. The van der Waals surface area contributed by atoms with Crippen LogP contribution in [0.15, 0.2) is 6.20 Å². The van der Waals surface area contributed by atoms with Crippen molar-refractivity contribution in [3.05, 3.63) is 17.5 Å². The quantitative estimate of drug-likeness (QED) is 0.748. The molecule has 5 nitrogen and oxygen atoms in total. The summed E-state index contributed by atoms with van der Waals surface area (Å²) >= 11 is 0. The zero-order valence-electron chi connectivity index (χ0n) is 15.4.